The molecule has 0 spiro atoms. The lowest BCUT2D eigenvalue weighted by atomic mass is 9.97. The van der Waals surface area contributed by atoms with Crippen LogP contribution < -0.4 is 5.32 Å². The maximum absolute atomic E-state index is 3.60. The summed E-state index contributed by atoms with van der Waals surface area (Å²) in [5, 5.41) is 3.60. The van der Waals surface area contributed by atoms with Gasteiger partial charge >= 0.3 is 0 Å². The van der Waals surface area contributed by atoms with Gasteiger partial charge in [-0.2, -0.15) is 0 Å². The molecule has 0 aromatic heterocycles. The first-order valence-corrected chi connectivity index (χ1v) is 7.91. The fourth-order valence-corrected chi connectivity index (χ4v) is 3.35. The molecule has 0 saturated carbocycles. The molecule has 1 aromatic carbocycles. The highest BCUT2D eigenvalue weighted by Gasteiger charge is 2.10. The Morgan fingerprint density at radius 3 is 2.79 bits per heavy atom. The molecule has 0 unspecified atom stereocenters. The summed E-state index contributed by atoms with van der Waals surface area (Å²) in [6.07, 6.45) is 13.1. The molecule has 0 saturated heterocycles. The van der Waals surface area contributed by atoms with Crippen molar-refractivity contribution in [3.05, 3.63) is 46.5 Å². The van der Waals surface area contributed by atoms with Gasteiger partial charge in [0.15, 0.2) is 0 Å². The van der Waals surface area contributed by atoms with Crippen molar-refractivity contribution in [3.8, 4) is 0 Å². The van der Waals surface area contributed by atoms with Crippen molar-refractivity contribution in [1.29, 1.82) is 0 Å². The Kier molecular flexibility index (Phi) is 4.34. The Bertz CT molecular complexity index is 459. The first-order chi connectivity index (χ1) is 9.42. The highest BCUT2D eigenvalue weighted by Crippen LogP contribution is 2.23. The summed E-state index contributed by atoms with van der Waals surface area (Å²) in [6, 6.07) is 7.05. The quantitative estimate of drug-likeness (QED) is 0.615. The second-order valence-electron chi connectivity index (χ2n) is 5.99. The van der Waals surface area contributed by atoms with E-state index in [1.54, 1.807) is 16.7 Å². The summed E-state index contributed by atoms with van der Waals surface area (Å²) in [5.74, 6) is 0. The number of hydrogen-bond donors (Lipinski definition) is 1. The molecule has 1 nitrogen and oxygen atoms in total. The lowest BCUT2D eigenvalue weighted by molar-refractivity contribution is 0.632. The zero-order valence-electron chi connectivity index (χ0n) is 11.9. The van der Waals surface area contributed by atoms with Crippen LogP contribution in [0.1, 0.15) is 55.2 Å². The Morgan fingerprint density at radius 2 is 1.89 bits per heavy atom. The van der Waals surface area contributed by atoms with E-state index in [1.165, 1.54) is 56.9 Å². The van der Waals surface area contributed by atoms with Crippen molar-refractivity contribution in [3.63, 3.8) is 0 Å². The van der Waals surface area contributed by atoms with E-state index in [0.717, 1.165) is 13.1 Å². The molecule has 0 heterocycles. The van der Waals surface area contributed by atoms with Gasteiger partial charge in [-0.3, -0.25) is 0 Å². The van der Waals surface area contributed by atoms with Crippen molar-refractivity contribution in [2.24, 2.45) is 0 Å². The number of aryl methyl sites for hydroxylation is 2. The van der Waals surface area contributed by atoms with Gasteiger partial charge in [0, 0.05) is 6.54 Å². The third kappa shape index (κ3) is 3.48. The topological polar surface area (TPSA) is 12.0 Å². The van der Waals surface area contributed by atoms with Gasteiger partial charge in [0.25, 0.3) is 0 Å². The summed E-state index contributed by atoms with van der Waals surface area (Å²) in [7, 11) is 0. The molecule has 19 heavy (non-hydrogen) atoms. The molecule has 1 heteroatoms. The van der Waals surface area contributed by atoms with Crippen LogP contribution in [-0.4, -0.2) is 6.54 Å². The highest BCUT2D eigenvalue weighted by molar-refractivity contribution is 5.35. The van der Waals surface area contributed by atoms with Crippen molar-refractivity contribution in [1.82, 2.24) is 5.32 Å². The average molecular weight is 255 g/mol. The molecule has 0 fully saturated rings. The lowest BCUT2D eigenvalue weighted by Crippen LogP contribution is -2.15. The summed E-state index contributed by atoms with van der Waals surface area (Å²) >= 11 is 0. The van der Waals surface area contributed by atoms with Crippen molar-refractivity contribution < 1.29 is 0 Å². The largest absolute Gasteiger partial charge is 0.312 e. The van der Waals surface area contributed by atoms with Gasteiger partial charge in [-0.05, 0) is 74.6 Å². The maximum atomic E-state index is 3.60. The van der Waals surface area contributed by atoms with Crippen LogP contribution in [0.2, 0.25) is 0 Å². The van der Waals surface area contributed by atoms with E-state index in [9.17, 15) is 0 Å². The number of benzene rings is 1. The SMILES string of the molecule is C1=C(CCNCc2ccc3c(c2)CCC3)CCCC1. The molecule has 0 amide bonds. The monoisotopic (exact) mass is 255 g/mol. The molecule has 1 N–H and O–H groups in total. The van der Waals surface area contributed by atoms with E-state index in [0.29, 0.717) is 0 Å². The van der Waals surface area contributed by atoms with Crippen LogP contribution in [0, 0.1) is 0 Å². The number of fused-ring (bicyclic) bond motifs is 1. The molecule has 2 aliphatic rings. The highest BCUT2D eigenvalue weighted by atomic mass is 14.8. The van der Waals surface area contributed by atoms with Crippen LogP contribution in [0.15, 0.2) is 29.8 Å². The Labute approximate surface area is 117 Å². The van der Waals surface area contributed by atoms with Gasteiger partial charge in [0.2, 0.25) is 0 Å². The molecule has 0 atom stereocenters. The van der Waals surface area contributed by atoms with Gasteiger partial charge in [-0.15, -0.1) is 0 Å². The van der Waals surface area contributed by atoms with Crippen molar-refractivity contribution in [2.75, 3.05) is 6.54 Å². The van der Waals surface area contributed by atoms with Crippen LogP contribution >= 0.6 is 0 Å². The predicted molar refractivity (Wildman–Crippen MR) is 81.3 cm³/mol. The molecule has 0 radical (unpaired) electrons. The molecular weight excluding hydrogens is 230 g/mol. The third-order valence-electron chi connectivity index (χ3n) is 4.50. The normalized spacial score (nSPS) is 18.2. The Balaban J connectivity index is 1.43. The predicted octanol–water partition coefficient (Wildman–Crippen LogP) is 4.16. The van der Waals surface area contributed by atoms with Gasteiger partial charge in [0.1, 0.15) is 0 Å². The molecule has 0 aliphatic heterocycles. The van der Waals surface area contributed by atoms with Crippen molar-refractivity contribution >= 4 is 0 Å². The first kappa shape index (κ1) is 12.9. The zero-order chi connectivity index (χ0) is 12.9. The summed E-state index contributed by atoms with van der Waals surface area (Å²) in [5.41, 5.74) is 6.30. The van der Waals surface area contributed by atoms with Crippen LogP contribution in [0.4, 0.5) is 0 Å². The van der Waals surface area contributed by atoms with Gasteiger partial charge in [0.05, 0.1) is 0 Å². The maximum Gasteiger partial charge on any atom is 0.0205 e. The fraction of sp³-hybridized carbons (Fsp3) is 0.556. The van der Waals surface area contributed by atoms with Gasteiger partial charge < -0.3 is 5.32 Å². The Hall–Kier alpha value is -1.08. The minimum atomic E-state index is 1.03. The Morgan fingerprint density at radius 1 is 0.947 bits per heavy atom. The van der Waals surface area contributed by atoms with E-state index in [2.05, 4.69) is 29.6 Å². The number of allylic oxidation sites excluding steroid dienone is 1. The molecule has 1 aromatic rings. The van der Waals surface area contributed by atoms with Crippen molar-refractivity contribution in [2.45, 2.75) is 57.9 Å². The van der Waals surface area contributed by atoms with E-state index in [-0.39, 0.29) is 0 Å². The number of hydrogen-bond acceptors (Lipinski definition) is 1. The third-order valence-corrected chi connectivity index (χ3v) is 4.50. The standard InChI is InChI=1S/C18H25N/c1-2-5-15(6-3-1)11-12-19-14-16-9-10-17-7-4-8-18(17)13-16/h5,9-10,13,19H,1-4,6-8,11-12,14H2. The summed E-state index contributed by atoms with van der Waals surface area (Å²) in [4.78, 5) is 0. The first-order valence-electron chi connectivity index (χ1n) is 7.91. The summed E-state index contributed by atoms with van der Waals surface area (Å²) in [6.45, 7) is 2.16. The molecule has 2 aliphatic carbocycles. The number of rotatable bonds is 5. The fourth-order valence-electron chi connectivity index (χ4n) is 3.35. The molecular formula is C18H25N. The zero-order valence-corrected chi connectivity index (χ0v) is 11.9. The minimum absolute atomic E-state index is 1.03. The van der Waals surface area contributed by atoms with E-state index >= 15 is 0 Å². The lowest BCUT2D eigenvalue weighted by Gasteiger charge is -2.13. The van der Waals surface area contributed by atoms with E-state index in [1.807, 2.05) is 0 Å². The average Bonchev–Trinajstić information content (AvgIpc) is 2.92. The number of nitrogens with one attached hydrogen (secondary N) is 1. The van der Waals surface area contributed by atoms with Crippen LogP contribution in [0.3, 0.4) is 0 Å². The second kappa shape index (κ2) is 6.38. The van der Waals surface area contributed by atoms with Gasteiger partial charge in [-0.25, -0.2) is 0 Å². The molecule has 3 rings (SSSR count). The van der Waals surface area contributed by atoms with E-state index < -0.39 is 0 Å². The molecule has 0 bridgehead atoms. The summed E-state index contributed by atoms with van der Waals surface area (Å²) < 4.78 is 0. The molecule has 102 valence electrons. The van der Waals surface area contributed by atoms with Crippen LogP contribution in [0.5, 0.6) is 0 Å². The minimum Gasteiger partial charge on any atom is -0.312 e. The van der Waals surface area contributed by atoms with Crippen LogP contribution in [-0.2, 0) is 19.4 Å². The van der Waals surface area contributed by atoms with Crippen LogP contribution in [0.25, 0.3) is 0 Å². The second-order valence-corrected chi connectivity index (χ2v) is 5.99. The van der Waals surface area contributed by atoms with Gasteiger partial charge in [-0.1, -0.05) is 29.8 Å². The smallest absolute Gasteiger partial charge is 0.0205 e. The van der Waals surface area contributed by atoms with E-state index in [4.69, 9.17) is 0 Å².